The van der Waals surface area contributed by atoms with Gasteiger partial charge in [0.05, 0.1) is 11.5 Å². The number of allylic oxidation sites excluding steroid dienone is 1. The molecule has 1 amide bonds. The van der Waals surface area contributed by atoms with Crippen molar-refractivity contribution in [3.63, 3.8) is 0 Å². The molecule has 0 radical (unpaired) electrons. The van der Waals surface area contributed by atoms with Crippen molar-refractivity contribution in [3.8, 4) is 0 Å². The second-order valence-electron chi connectivity index (χ2n) is 17.0. The van der Waals surface area contributed by atoms with Crippen molar-refractivity contribution in [1.82, 2.24) is 5.32 Å². The highest BCUT2D eigenvalue weighted by atomic mass is 16.3. The molecule has 8 atom stereocenters. The van der Waals surface area contributed by atoms with Crippen molar-refractivity contribution in [1.29, 1.82) is 0 Å². The van der Waals surface area contributed by atoms with Gasteiger partial charge in [-0.15, -0.1) is 0 Å². The van der Waals surface area contributed by atoms with Crippen LogP contribution in [-0.2, 0) is 9.59 Å². The van der Waals surface area contributed by atoms with Gasteiger partial charge >= 0.3 is 0 Å². The van der Waals surface area contributed by atoms with E-state index in [-0.39, 0.29) is 51.4 Å². The Morgan fingerprint density at radius 1 is 0.825 bits per heavy atom. The van der Waals surface area contributed by atoms with Gasteiger partial charge in [0.1, 0.15) is 0 Å². The van der Waals surface area contributed by atoms with Crippen molar-refractivity contribution in [2.24, 2.45) is 50.7 Å². The topological polar surface area (TPSA) is 66.4 Å². The van der Waals surface area contributed by atoms with Gasteiger partial charge in [-0.1, -0.05) is 67.7 Å². The van der Waals surface area contributed by atoms with E-state index in [4.69, 9.17) is 0 Å². The zero-order chi connectivity index (χ0) is 28.9. The summed E-state index contributed by atoms with van der Waals surface area (Å²) in [7, 11) is 0. The normalized spacial score (nSPS) is 46.9. The van der Waals surface area contributed by atoms with Crippen molar-refractivity contribution >= 4 is 11.7 Å². The highest BCUT2D eigenvalue weighted by Crippen LogP contribution is 2.76. The molecule has 6 aliphatic rings. The first-order chi connectivity index (χ1) is 18.7. The standard InChI is InChI=1S/C36H57NO3/c1-22(2)29-25(38)21-36(31(40)37-23-11-9-8-10-12-23)20-19-34(6)24(30(29)36)13-14-27-33(5)17-16-28(39)32(3,4)26(33)15-18-35(27,34)7/h22-24,26-28,39H,8-21H2,1-7H3,(H,37,40)/t24-,26?,27?,28+,33+,34-,35-,36-/m1/s1. The number of ketones is 1. The summed E-state index contributed by atoms with van der Waals surface area (Å²) in [6.45, 7) is 16.7. The Morgan fingerprint density at radius 2 is 1.52 bits per heavy atom. The first-order valence-electron chi connectivity index (χ1n) is 17.0. The molecular formula is C36H57NO3. The summed E-state index contributed by atoms with van der Waals surface area (Å²) in [5, 5.41) is 14.5. The Hall–Kier alpha value is -1.16. The average molecular weight is 552 g/mol. The number of carbonyl (C=O) groups excluding carboxylic acids is 2. The largest absolute Gasteiger partial charge is 0.393 e. The number of aliphatic hydroxyl groups is 1. The van der Waals surface area contributed by atoms with E-state index < -0.39 is 5.41 Å². The molecule has 224 valence electrons. The van der Waals surface area contributed by atoms with E-state index in [0.717, 1.165) is 50.5 Å². The first-order valence-corrected chi connectivity index (χ1v) is 17.0. The number of hydrogen-bond donors (Lipinski definition) is 2. The summed E-state index contributed by atoms with van der Waals surface area (Å²) in [5.74, 6) is 2.06. The summed E-state index contributed by atoms with van der Waals surface area (Å²) in [5.41, 5.74) is 2.11. The SMILES string of the molecule is CC(C)C1=C2[C@H]3CCC4[C@@]5(C)CC[C@H](O)C(C)(C)C5CC[C@@]4(C)[C@]3(C)CC[C@@]2(C(=O)NC2CCCCC2)CC1=O. The summed E-state index contributed by atoms with van der Waals surface area (Å²) >= 11 is 0. The van der Waals surface area contributed by atoms with Crippen LogP contribution in [0.5, 0.6) is 0 Å². The van der Waals surface area contributed by atoms with Gasteiger partial charge < -0.3 is 10.4 Å². The van der Waals surface area contributed by atoms with E-state index in [1.165, 1.54) is 44.1 Å². The summed E-state index contributed by atoms with van der Waals surface area (Å²) in [4.78, 5) is 28.1. The number of fused-ring (bicyclic) bond motifs is 7. The van der Waals surface area contributed by atoms with Gasteiger partial charge in [-0.3, -0.25) is 9.59 Å². The van der Waals surface area contributed by atoms with Gasteiger partial charge in [-0.05, 0) is 121 Å². The van der Waals surface area contributed by atoms with Gasteiger partial charge in [0, 0.05) is 12.5 Å². The van der Waals surface area contributed by atoms with E-state index in [9.17, 15) is 14.7 Å². The van der Waals surface area contributed by atoms with Crippen LogP contribution in [0.25, 0.3) is 0 Å². The van der Waals surface area contributed by atoms with Crippen LogP contribution in [0.1, 0.15) is 138 Å². The molecule has 5 saturated carbocycles. The molecule has 6 aliphatic carbocycles. The molecule has 0 aromatic carbocycles. The maximum Gasteiger partial charge on any atom is 0.231 e. The van der Waals surface area contributed by atoms with Crippen molar-refractivity contribution in [2.45, 2.75) is 151 Å². The Labute approximate surface area is 243 Å². The van der Waals surface area contributed by atoms with Crippen LogP contribution in [0, 0.1) is 50.7 Å². The number of rotatable bonds is 3. The summed E-state index contributed by atoms with van der Waals surface area (Å²) in [6, 6.07) is 0.275. The number of aliphatic hydroxyl groups excluding tert-OH is 1. The monoisotopic (exact) mass is 551 g/mol. The quantitative estimate of drug-likeness (QED) is 0.376. The van der Waals surface area contributed by atoms with Gasteiger partial charge in [0.25, 0.3) is 0 Å². The minimum Gasteiger partial charge on any atom is -0.393 e. The van der Waals surface area contributed by atoms with E-state index in [1.807, 2.05) is 0 Å². The fourth-order valence-electron chi connectivity index (χ4n) is 12.5. The van der Waals surface area contributed by atoms with Crippen LogP contribution >= 0.6 is 0 Å². The molecular weight excluding hydrogens is 494 g/mol. The highest BCUT2D eigenvalue weighted by Gasteiger charge is 2.70. The Kier molecular flexibility index (Phi) is 6.81. The zero-order valence-electron chi connectivity index (χ0n) is 26.6. The maximum absolute atomic E-state index is 14.3. The fourth-order valence-corrected chi connectivity index (χ4v) is 12.5. The van der Waals surface area contributed by atoms with Crippen LogP contribution in [0.4, 0.5) is 0 Å². The molecule has 0 aromatic rings. The molecule has 0 heterocycles. The van der Waals surface area contributed by atoms with Crippen LogP contribution in [0.15, 0.2) is 11.1 Å². The smallest absolute Gasteiger partial charge is 0.231 e. The third-order valence-corrected chi connectivity index (χ3v) is 14.8. The third-order valence-electron chi connectivity index (χ3n) is 14.8. The van der Waals surface area contributed by atoms with Crippen molar-refractivity contribution < 1.29 is 14.7 Å². The predicted octanol–water partition coefficient (Wildman–Crippen LogP) is 7.78. The van der Waals surface area contributed by atoms with Crippen LogP contribution in [-0.4, -0.2) is 28.9 Å². The molecule has 0 aliphatic heterocycles. The number of nitrogens with one attached hydrogen (secondary N) is 1. The lowest BCUT2D eigenvalue weighted by Gasteiger charge is -2.72. The Bertz CT molecular complexity index is 1100. The molecule has 2 unspecified atom stereocenters. The minimum atomic E-state index is -0.625. The molecule has 2 N–H and O–H groups in total. The van der Waals surface area contributed by atoms with Gasteiger partial charge in [0.15, 0.2) is 5.78 Å². The lowest BCUT2D eigenvalue weighted by atomic mass is 9.33. The van der Waals surface area contributed by atoms with Crippen LogP contribution in [0.2, 0.25) is 0 Å². The van der Waals surface area contributed by atoms with E-state index >= 15 is 0 Å². The molecule has 40 heavy (non-hydrogen) atoms. The molecule has 0 saturated heterocycles. The predicted molar refractivity (Wildman–Crippen MR) is 160 cm³/mol. The highest BCUT2D eigenvalue weighted by molar-refractivity contribution is 6.07. The van der Waals surface area contributed by atoms with Crippen molar-refractivity contribution in [2.75, 3.05) is 0 Å². The lowest BCUT2D eigenvalue weighted by Crippen LogP contribution is -2.66. The average Bonchev–Trinajstić information content (AvgIpc) is 3.21. The van der Waals surface area contributed by atoms with Crippen molar-refractivity contribution in [3.05, 3.63) is 11.1 Å². The third kappa shape index (κ3) is 3.72. The summed E-state index contributed by atoms with van der Waals surface area (Å²) < 4.78 is 0. The number of carbonyl (C=O) groups is 2. The van der Waals surface area contributed by atoms with Crippen LogP contribution < -0.4 is 5.32 Å². The Morgan fingerprint density at radius 3 is 2.20 bits per heavy atom. The van der Waals surface area contributed by atoms with Gasteiger partial charge in [-0.2, -0.15) is 0 Å². The van der Waals surface area contributed by atoms with Gasteiger partial charge in [-0.25, -0.2) is 0 Å². The number of amides is 1. The summed E-state index contributed by atoms with van der Waals surface area (Å²) in [6.07, 6.45) is 14.6. The maximum atomic E-state index is 14.3. The number of hydrogen-bond acceptors (Lipinski definition) is 3. The van der Waals surface area contributed by atoms with E-state index in [2.05, 4.69) is 53.8 Å². The molecule has 0 aromatic heterocycles. The van der Waals surface area contributed by atoms with E-state index in [0.29, 0.717) is 24.2 Å². The first kappa shape index (κ1) is 28.9. The number of Topliss-reactive ketones (excluding diaryl/α,β-unsaturated/α-hetero) is 1. The lowest BCUT2D eigenvalue weighted by molar-refractivity contribution is -0.228. The molecule has 4 nitrogen and oxygen atoms in total. The molecule has 6 rings (SSSR count). The second-order valence-corrected chi connectivity index (χ2v) is 17.0. The van der Waals surface area contributed by atoms with Gasteiger partial charge in [0.2, 0.25) is 5.91 Å². The minimum absolute atomic E-state index is 0.0454. The molecule has 0 bridgehead atoms. The molecule has 4 heteroatoms. The molecule has 0 spiro atoms. The zero-order valence-corrected chi connectivity index (χ0v) is 26.6. The second kappa shape index (κ2) is 9.42. The molecule has 5 fully saturated rings. The fraction of sp³-hybridized carbons (Fsp3) is 0.889. The van der Waals surface area contributed by atoms with E-state index in [1.54, 1.807) is 0 Å². The van der Waals surface area contributed by atoms with Crippen LogP contribution in [0.3, 0.4) is 0 Å². The Balaban J connectivity index is 1.40.